The standard InChI is InChI=1S/C21H13Cl2N7O10S2/c22-15-8-12(18(23)28-26-15)19(31)24-9-1-6-13(14(7-9)42(38,39)40)25-27-16-17(21(33)34)29-30(20(16)32)10-2-4-11(5-3-10)41(35,36)37/h1-8,16H,(H,24,31)(H,33,34)(H,35,36,37)(H,38,39,40). The number of nitrogens with zero attached hydrogens (tertiary/aromatic N) is 6. The lowest BCUT2D eigenvalue weighted by Crippen LogP contribution is -2.33. The summed E-state index contributed by atoms with van der Waals surface area (Å²) in [6.45, 7) is 0. The lowest BCUT2D eigenvalue weighted by molar-refractivity contribution is -0.130. The third-order valence-electron chi connectivity index (χ3n) is 5.25. The summed E-state index contributed by atoms with van der Waals surface area (Å²) in [5, 5.41) is 29.8. The minimum absolute atomic E-state index is 0.0895. The van der Waals surface area contributed by atoms with Crippen LogP contribution >= 0.6 is 23.2 Å². The summed E-state index contributed by atoms with van der Waals surface area (Å²) in [5.74, 6) is -3.60. The number of hydrogen-bond donors (Lipinski definition) is 4. The van der Waals surface area contributed by atoms with Crippen molar-refractivity contribution in [2.45, 2.75) is 15.8 Å². The van der Waals surface area contributed by atoms with Gasteiger partial charge in [-0.15, -0.1) is 10.2 Å². The van der Waals surface area contributed by atoms with Gasteiger partial charge in [0.05, 0.1) is 16.1 Å². The first-order valence-electron chi connectivity index (χ1n) is 10.8. The molecule has 2 aromatic carbocycles. The number of carboxylic acids is 1. The van der Waals surface area contributed by atoms with Gasteiger partial charge in [0, 0.05) is 5.69 Å². The normalized spacial score (nSPS) is 15.6. The van der Waals surface area contributed by atoms with Crippen molar-refractivity contribution in [1.29, 1.82) is 0 Å². The number of hydrazone groups is 1. The summed E-state index contributed by atoms with van der Waals surface area (Å²) in [7, 11) is -9.57. The lowest BCUT2D eigenvalue weighted by Gasteiger charge is -2.12. The molecule has 0 bridgehead atoms. The smallest absolute Gasteiger partial charge is 0.355 e. The van der Waals surface area contributed by atoms with E-state index in [1.165, 1.54) is 0 Å². The van der Waals surface area contributed by atoms with Crippen molar-refractivity contribution in [1.82, 2.24) is 10.2 Å². The first kappa shape index (κ1) is 30.6. The highest BCUT2D eigenvalue weighted by molar-refractivity contribution is 7.86. The molecule has 0 saturated heterocycles. The predicted octanol–water partition coefficient (Wildman–Crippen LogP) is 2.47. The summed E-state index contributed by atoms with van der Waals surface area (Å²) >= 11 is 11.6. The molecule has 0 fully saturated rings. The maximum Gasteiger partial charge on any atom is 0.355 e. The Bertz CT molecular complexity index is 1920. The zero-order valence-corrected chi connectivity index (χ0v) is 23.3. The SMILES string of the molecule is O=C(O)C1=NN(c2ccc(S(=O)(=O)O)cc2)C(=O)C1N=Nc1ccc(NC(=O)c2cc(Cl)nnc2Cl)cc1S(=O)(=O)O. The van der Waals surface area contributed by atoms with E-state index in [0.29, 0.717) is 5.01 Å². The van der Waals surface area contributed by atoms with Crippen LogP contribution in [0.3, 0.4) is 0 Å². The molecule has 2 heterocycles. The van der Waals surface area contributed by atoms with Gasteiger partial charge in [-0.05, 0) is 48.5 Å². The Labute approximate surface area is 245 Å². The van der Waals surface area contributed by atoms with Crippen LogP contribution in [0.15, 0.2) is 73.7 Å². The molecule has 4 rings (SSSR count). The van der Waals surface area contributed by atoms with Gasteiger partial charge in [-0.3, -0.25) is 18.7 Å². The van der Waals surface area contributed by atoms with Crippen LogP contribution in [0, 0.1) is 0 Å². The second-order valence-corrected chi connectivity index (χ2v) is 11.6. The van der Waals surface area contributed by atoms with E-state index in [4.69, 9.17) is 27.8 Å². The number of nitrogens with one attached hydrogen (secondary N) is 1. The number of anilines is 2. The number of carbonyl (C=O) groups excluding carboxylic acids is 2. The fraction of sp³-hybridized carbons (Fsp3) is 0.0476. The van der Waals surface area contributed by atoms with Gasteiger partial charge < -0.3 is 10.4 Å². The number of benzene rings is 2. The number of aliphatic carboxylic acids is 1. The molecule has 0 radical (unpaired) electrons. The fourth-order valence-corrected chi connectivity index (χ4v) is 4.82. The predicted molar refractivity (Wildman–Crippen MR) is 143 cm³/mol. The van der Waals surface area contributed by atoms with Crippen LogP contribution in [-0.4, -0.2) is 70.8 Å². The van der Waals surface area contributed by atoms with Gasteiger partial charge in [0.1, 0.15) is 10.6 Å². The van der Waals surface area contributed by atoms with E-state index < -0.39 is 65.3 Å². The Morgan fingerprint density at radius 2 is 1.62 bits per heavy atom. The minimum Gasteiger partial charge on any atom is -0.477 e. The van der Waals surface area contributed by atoms with E-state index in [-0.39, 0.29) is 27.2 Å². The van der Waals surface area contributed by atoms with Crippen LogP contribution in [0.2, 0.25) is 10.3 Å². The number of aromatic nitrogens is 2. The highest BCUT2D eigenvalue weighted by Crippen LogP contribution is 2.30. The van der Waals surface area contributed by atoms with Crippen molar-refractivity contribution in [3.05, 3.63) is 64.4 Å². The number of amides is 2. The van der Waals surface area contributed by atoms with Gasteiger partial charge in [-0.25, -0.2) is 4.79 Å². The summed E-state index contributed by atoms with van der Waals surface area (Å²) in [6.07, 6.45) is 0. The van der Waals surface area contributed by atoms with Crippen LogP contribution in [0.1, 0.15) is 10.4 Å². The van der Waals surface area contributed by atoms with Gasteiger partial charge in [0.25, 0.3) is 32.1 Å². The molecule has 0 spiro atoms. The molecular formula is C21H13Cl2N7O10S2. The molecule has 1 aliphatic heterocycles. The topological polar surface area (TPSA) is 258 Å². The zero-order chi connectivity index (χ0) is 31.0. The maximum atomic E-state index is 12.9. The second-order valence-electron chi connectivity index (χ2n) is 8.01. The molecule has 21 heteroatoms. The molecule has 0 aliphatic carbocycles. The fourth-order valence-electron chi connectivity index (χ4n) is 3.36. The van der Waals surface area contributed by atoms with Crippen LogP contribution in [0.5, 0.6) is 0 Å². The molecule has 1 aromatic heterocycles. The molecule has 4 N–H and O–H groups in total. The van der Waals surface area contributed by atoms with E-state index in [2.05, 4.69) is 30.8 Å². The van der Waals surface area contributed by atoms with Crippen molar-refractivity contribution in [2.75, 3.05) is 10.3 Å². The summed E-state index contributed by atoms with van der Waals surface area (Å²) < 4.78 is 65.5. The van der Waals surface area contributed by atoms with Crippen LogP contribution in [0.4, 0.5) is 17.1 Å². The Morgan fingerprint density at radius 3 is 2.21 bits per heavy atom. The molecule has 1 unspecified atom stereocenters. The molecule has 42 heavy (non-hydrogen) atoms. The molecular weight excluding hydrogens is 645 g/mol. The highest BCUT2D eigenvalue weighted by Gasteiger charge is 2.41. The summed E-state index contributed by atoms with van der Waals surface area (Å²) in [6, 6.07) is 6.17. The number of rotatable bonds is 8. The second kappa shape index (κ2) is 11.5. The molecule has 1 atom stereocenters. The van der Waals surface area contributed by atoms with Gasteiger partial charge in [0.2, 0.25) is 6.04 Å². The molecule has 17 nitrogen and oxygen atoms in total. The van der Waals surface area contributed by atoms with Gasteiger partial charge in [0.15, 0.2) is 16.0 Å². The number of azo groups is 1. The van der Waals surface area contributed by atoms with E-state index >= 15 is 0 Å². The Balaban J connectivity index is 1.64. The van der Waals surface area contributed by atoms with Crippen LogP contribution in [0.25, 0.3) is 0 Å². The quantitative estimate of drug-likeness (QED) is 0.201. The van der Waals surface area contributed by atoms with Crippen molar-refractivity contribution in [3.8, 4) is 0 Å². The average Bonchev–Trinajstić information content (AvgIpc) is 3.24. The first-order valence-corrected chi connectivity index (χ1v) is 14.5. The molecule has 3 aromatic rings. The molecule has 218 valence electrons. The van der Waals surface area contributed by atoms with Gasteiger partial charge in [-0.2, -0.15) is 37.2 Å². The van der Waals surface area contributed by atoms with Gasteiger partial charge >= 0.3 is 5.97 Å². The Kier molecular flexibility index (Phi) is 8.34. The van der Waals surface area contributed by atoms with Crippen molar-refractivity contribution in [3.63, 3.8) is 0 Å². The Hall–Kier alpha value is -4.40. The zero-order valence-electron chi connectivity index (χ0n) is 20.2. The summed E-state index contributed by atoms with van der Waals surface area (Å²) in [4.78, 5) is 35.9. The van der Waals surface area contributed by atoms with Gasteiger partial charge in [-0.1, -0.05) is 23.2 Å². The highest BCUT2D eigenvalue weighted by atomic mass is 35.5. The third kappa shape index (κ3) is 6.56. The van der Waals surface area contributed by atoms with E-state index in [0.717, 1.165) is 48.5 Å². The van der Waals surface area contributed by atoms with Crippen LogP contribution in [-0.2, 0) is 29.8 Å². The van der Waals surface area contributed by atoms with Crippen molar-refractivity contribution < 1.29 is 45.4 Å². The van der Waals surface area contributed by atoms with Crippen LogP contribution < -0.4 is 10.3 Å². The third-order valence-corrected chi connectivity index (χ3v) is 7.46. The molecule has 2 amide bonds. The largest absolute Gasteiger partial charge is 0.477 e. The first-order chi connectivity index (χ1) is 19.6. The van der Waals surface area contributed by atoms with Crippen molar-refractivity contribution in [2.24, 2.45) is 15.3 Å². The van der Waals surface area contributed by atoms with E-state index in [9.17, 15) is 40.9 Å². The Morgan fingerprint density at radius 1 is 0.952 bits per heavy atom. The lowest BCUT2D eigenvalue weighted by atomic mass is 10.2. The summed E-state index contributed by atoms with van der Waals surface area (Å²) in [5.41, 5.74) is -1.82. The number of carbonyl (C=O) groups is 3. The maximum absolute atomic E-state index is 12.9. The van der Waals surface area contributed by atoms with E-state index in [1.807, 2.05) is 0 Å². The number of hydrogen-bond acceptors (Lipinski definition) is 12. The molecule has 1 aliphatic rings. The minimum atomic E-state index is -5.02. The number of halogens is 2. The van der Waals surface area contributed by atoms with Crippen molar-refractivity contribution >= 4 is 84.0 Å². The monoisotopic (exact) mass is 657 g/mol. The average molecular weight is 658 g/mol. The van der Waals surface area contributed by atoms with E-state index in [1.54, 1.807) is 0 Å². The number of carboxylic acid groups (broad SMARTS) is 1. The molecule has 0 saturated carbocycles.